The first-order valence-electron chi connectivity index (χ1n) is 1.72. The van der Waals surface area contributed by atoms with Gasteiger partial charge in [-0.3, -0.25) is 0 Å². The molecule has 0 aliphatic rings. The summed E-state index contributed by atoms with van der Waals surface area (Å²) in [6, 6.07) is 0. The first-order valence-corrected chi connectivity index (χ1v) is 2.66. The maximum absolute atomic E-state index is 2.58. The van der Waals surface area contributed by atoms with Gasteiger partial charge in [0.1, 0.15) is 0 Å². The van der Waals surface area contributed by atoms with E-state index in [2.05, 4.69) is 37.6 Å². The first kappa shape index (κ1) is 15.7. The quantitative estimate of drug-likeness (QED) is 0.347. The summed E-state index contributed by atoms with van der Waals surface area (Å²) in [5, 5.41) is 0. The average molecular weight is 203 g/mol. The molecule has 0 N–H and O–H groups in total. The molecule has 0 atom stereocenters. The maximum Gasteiger partial charge on any atom is -1.00 e. The summed E-state index contributed by atoms with van der Waals surface area (Å²) in [4.78, 5) is 0. The van der Waals surface area contributed by atoms with E-state index in [9.17, 15) is 0 Å². The predicted octanol–water partition coefficient (Wildman–Crippen LogP) is -4.62. The van der Waals surface area contributed by atoms with Gasteiger partial charge in [-0.05, 0) is 0 Å². The van der Waals surface area contributed by atoms with Crippen molar-refractivity contribution in [1.82, 2.24) is 0 Å². The minimum Gasteiger partial charge on any atom is -1.00 e. The molecule has 0 aromatic heterocycles. The van der Waals surface area contributed by atoms with Crippen molar-refractivity contribution in [3.05, 3.63) is 0 Å². The summed E-state index contributed by atoms with van der Waals surface area (Å²) in [6.45, 7) is 6.48. The molecule has 0 rings (SSSR count). The molecule has 0 saturated heterocycles. The van der Waals surface area contributed by atoms with Crippen molar-refractivity contribution < 1.29 is 24.8 Å². The summed E-state index contributed by atoms with van der Waals surface area (Å²) < 4.78 is 0.438. The zero-order valence-electron chi connectivity index (χ0n) is 4.70. The van der Waals surface area contributed by atoms with Crippen molar-refractivity contribution in [3.8, 4) is 0 Å². The van der Waals surface area contributed by atoms with Crippen LogP contribution in [0.1, 0.15) is 20.8 Å². The summed E-state index contributed by atoms with van der Waals surface area (Å²) in [5.41, 5.74) is 0. The zero-order chi connectivity index (χ0) is 4.50. The van der Waals surface area contributed by atoms with Crippen molar-refractivity contribution in [3.63, 3.8) is 0 Å². The molecule has 0 amide bonds. The Morgan fingerprint density at radius 3 is 1.00 bits per heavy atom. The smallest absolute Gasteiger partial charge is 1.00 e. The van der Waals surface area contributed by atoms with Gasteiger partial charge in [0, 0.05) is 0 Å². The molecule has 0 aromatic carbocycles. The Kier molecular flexibility index (Phi) is 11.8. The maximum atomic E-state index is 2.58. The molecule has 0 aromatic rings. The molecule has 2 radical (unpaired) electrons. The number of hydrogen-bond donors (Lipinski definition) is 0. The van der Waals surface area contributed by atoms with Gasteiger partial charge in [-0.2, -0.15) is 0 Å². The van der Waals surface area contributed by atoms with Crippen molar-refractivity contribution >= 4 is 16.9 Å². The molecule has 46 valence electrons. The van der Waals surface area contributed by atoms with E-state index in [1.54, 1.807) is 0 Å². The Hall–Kier alpha value is 1.14. The second kappa shape index (κ2) is 5.28. The van der Waals surface area contributed by atoms with Crippen LogP contribution in [0.5, 0.6) is 0 Å². The van der Waals surface area contributed by atoms with Gasteiger partial charge in [0.25, 0.3) is 0 Å². The Bertz CT molecular complexity index is 25.2. The third kappa shape index (κ3) is 145. The monoisotopic (exact) mass is 202 g/mol. The third-order valence-electron chi connectivity index (χ3n) is 0. The second-order valence-electron chi connectivity index (χ2n) is 2.17. The zero-order valence-corrected chi connectivity index (χ0v) is 8.09. The van der Waals surface area contributed by atoms with Crippen molar-refractivity contribution in [1.29, 1.82) is 0 Å². The molecular formula is C4H9AsCl2-2. The Labute approximate surface area is 66.8 Å². The number of hydrogen-bond acceptors (Lipinski definition) is 0. The Balaban J connectivity index is -0.0000000800. The molecule has 0 spiro atoms. The first-order chi connectivity index (χ1) is 2.00. The van der Waals surface area contributed by atoms with E-state index in [1.807, 2.05) is 0 Å². The topological polar surface area (TPSA) is 0 Å². The fraction of sp³-hybridized carbons (Fsp3) is 1.00. The third-order valence-corrected chi connectivity index (χ3v) is 0. The van der Waals surface area contributed by atoms with Crippen LogP contribution < -0.4 is 24.8 Å². The molecule has 0 aliphatic heterocycles. The Morgan fingerprint density at radius 1 is 1.00 bits per heavy atom. The minimum atomic E-state index is 0. The van der Waals surface area contributed by atoms with E-state index in [0.29, 0.717) is 4.20 Å². The largest absolute Gasteiger partial charge is 1.00 e. The van der Waals surface area contributed by atoms with Crippen LogP contribution in [0.4, 0.5) is 0 Å². The normalized spacial score (nSPS) is 8.57. The van der Waals surface area contributed by atoms with Crippen LogP contribution in [0.3, 0.4) is 0 Å². The van der Waals surface area contributed by atoms with E-state index in [4.69, 9.17) is 0 Å². The second-order valence-corrected chi connectivity index (χ2v) is 4.99. The molecule has 7 heavy (non-hydrogen) atoms. The van der Waals surface area contributed by atoms with Crippen LogP contribution >= 0.6 is 0 Å². The van der Waals surface area contributed by atoms with E-state index < -0.39 is 0 Å². The Morgan fingerprint density at radius 2 is 1.00 bits per heavy atom. The molecular weight excluding hydrogens is 194 g/mol. The van der Waals surface area contributed by atoms with Gasteiger partial charge in [-0.25, -0.2) is 0 Å². The summed E-state index contributed by atoms with van der Waals surface area (Å²) in [6.07, 6.45) is 0. The standard InChI is InChI=1S/C4H9As.2ClH/c1-4(2,3)5;;/h1-3H3;2*1H/p-2. The number of rotatable bonds is 0. The van der Waals surface area contributed by atoms with Crippen molar-refractivity contribution in [2.24, 2.45) is 0 Å². The SMILES string of the molecule is CC(C)(C)[As].[Cl-].[Cl-]. The minimum absolute atomic E-state index is 0. The van der Waals surface area contributed by atoms with Crippen LogP contribution in [-0.4, -0.2) is 16.9 Å². The summed E-state index contributed by atoms with van der Waals surface area (Å²) in [7, 11) is 0. The van der Waals surface area contributed by atoms with Crippen LogP contribution in [0.25, 0.3) is 0 Å². The van der Waals surface area contributed by atoms with Gasteiger partial charge < -0.3 is 24.8 Å². The average Bonchev–Trinajstić information content (AvgIpc) is 0.722. The van der Waals surface area contributed by atoms with E-state index in [-0.39, 0.29) is 24.8 Å². The van der Waals surface area contributed by atoms with Gasteiger partial charge in [-0.15, -0.1) is 0 Å². The van der Waals surface area contributed by atoms with E-state index in [1.165, 1.54) is 0 Å². The van der Waals surface area contributed by atoms with Gasteiger partial charge in [0.05, 0.1) is 0 Å². The van der Waals surface area contributed by atoms with Crippen LogP contribution in [0, 0.1) is 0 Å². The molecule has 3 heteroatoms. The van der Waals surface area contributed by atoms with Crippen LogP contribution in [-0.2, 0) is 0 Å². The van der Waals surface area contributed by atoms with Gasteiger partial charge in [0.2, 0.25) is 0 Å². The molecule has 0 bridgehead atoms. The van der Waals surface area contributed by atoms with Crippen LogP contribution in [0.2, 0.25) is 4.20 Å². The predicted molar refractivity (Wildman–Crippen MR) is 25.5 cm³/mol. The van der Waals surface area contributed by atoms with Crippen LogP contribution in [0.15, 0.2) is 0 Å². The van der Waals surface area contributed by atoms with E-state index >= 15 is 0 Å². The van der Waals surface area contributed by atoms with Crippen molar-refractivity contribution in [2.75, 3.05) is 0 Å². The fourth-order valence-corrected chi connectivity index (χ4v) is 0. The molecule has 0 nitrogen and oxygen atoms in total. The summed E-state index contributed by atoms with van der Waals surface area (Å²) in [5.74, 6) is 0. The summed E-state index contributed by atoms with van der Waals surface area (Å²) >= 11 is 2.58. The molecule has 0 unspecified atom stereocenters. The van der Waals surface area contributed by atoms with Gasteiger partial charge >= 0.3 is 41.8 Å². The molecule has 0 aliphatic carbocycles. The molecule has 0 saturated carbocycles. The fourth-order valence-electron chi connectivity index (χ4n) is 0. The number of halogens is 2. The molecule has 0 fully saturated rings. The van der Waals surface area contributed by atoms with Gasteiger partial charge in [-0.1, -0.05) is 0 Å². The van der Waals surface area contributed by atoms with Crippen molar-refractivity contribution in [2.45, 2.75) is 25.0 Å². The van der Waals surface area contributed by atoms with Gasteiger partial charge in [0.15, 0.2) is 0 Å². The molecule has 0 heterocycles. The van der Waals surface area contributed by atoms with E-state index in [0.717, 1.165) is 0 Å².